The summed E-state index contributed by atoms with van der Waals surface area (Å²) in [5.41, 5.74) is 2.45. The van der Waals surface area contributed by atoms with Crippen LogP contribution >= 0.6 is 0 Å². The summed E-state index contributed by atoms with van der Waals surface area (Å²) >= 11 is 0. The van der Waals surface area contributed by atoms with Crippen LogP contribution in [0.5, 0.6) is 0 Å². The highest BCUT2D eigenvalue weighted by Gasteiger charge is 2.35. The molecule has 102 valence electrons. The molecular weight excluding hydrogens is 236 g/mol. The van der Waals surface area contributed by atoms with Crippen molar-refractivity contribution in [2.45, 2.75) is 32.2 Å². The third-order valence-corrected chi connectivity index (χ3v) is 4.42. The highest BCUT2D eigenvalue weighted by molar-refractivity contribution is 5.97. The summed E-state index contributed by atoms with van der Waals surface area (Å²) in [4.78, 5) is 17.1. The molecule has 3 nitrogen and oxygen atoms in total. The molecule has 0 spiro atoms. The molecule has 2 heterocycles. The maximum atomic E-state index is 12.8. The van der Waals surface area contributed by atoms with Crippen LogP contribution in [0.15, 0.2) is 24.3 Å². The van der Waals surface area contributed by atoms with Crippen LogP contribution in [-0.4, -0.2) is 37.0 Å². The summed E-state index contributed by atoms with van der Waals surface area (Å²) in [5, 5.41) is 0. The van der Waals surface area contributed by atoms with Crippen LogP contribution in [-0.2, 0) is 11.2 Å². The predicted octanol–water partition coefficient (Wildman–Crippen LogP) is 2.31. The monoisotopic (exact) mass is 258 g/mol. The third-order valence-electron chi connectivity index (χ3n) is 4.42. The average Bonchev–Trinajstić information content (AvgIpc) is 2.74. The Balaban J connectivity index is 1.83. The molecule has 3 rings (SSSR count). The number of amides is 1. The molecule has 1 fully saturated rings. The van der Waals surface area contributed by atoms with Gasteiger partial charge in [0.05, 0.1) is 5.92 Å². The smallest absolute Gasteiger partial charge is 0.231 e. The quantitative estimate of drug-likeness (QED) is 0.771. The van der Waals surface area contributed by atoms with Gasteiger partial charge in [-0.25, -0.2) is 0 Å². The van der Waals surface area contributed by atoms with Gasteiger partial charge in [-0.15, -0.1) is 0 Å². The first-order chi connectivity index (χ1) is 9.16. The van der Waals surface area contributed by atoms with E-state index in [0.717, 1.165) is 38.0 Å². The number of hydrogen-bond donors (Lipinski definition) is 0. The lowest BCUT2D eigenvalue weighted by molar-refractivity contribution is -0.124. The van der Waals surface area contributed by atoms with Crippen LogP contribution in [0.1, 0.15) is 25.3 Å². The van der Waals surface area contributed by atoms with Gasteiger partial charge in [-0.1, -0.05) is 18.2 Å². The number of benzene rings is 1. The summed E-state index contributed by atoms with van der Waals surface area (Å²) in [5.74, 6) is 0.497. The second kappa shape index (κ2) is 4.97. The summed E-state index contributed by atoms with van der Waals surface area (Å²) in [6.45, 7) is 4.19. The number of piperidine rings is 1. The highest BCUT2D eigenvalue weighted by Crippen LogP contribution is 2.34. The van der Waals surface area contributed by atoms with Crippen LogP contribution in [0.3, 0.4) is 0 Å². The van der Waals surface area contributed by atoms with Gasteiger partial charge >= 0.3 is 0 Å². The van der Waals surface area contributed by atoms with Crippen molar-refractivity contribution in [1.82, 2.24) is 4.90 Å². The van der Waals surface area contributed by atoms with Crippen molar-refractivity contribution in [3.05, 3.63) is 29.8 Å². The second-order valence-electron chi connectivity index (χ2n) is 5.99. The molecule has 0 radical (unpaired) electrons. The summed E-state index contributed by atoms with van der Waals surface area (Å²) < 4.78 is 0. The predicted molar refractivity (Wildman–Crippen MR) is 77.3 cm³/mol. The largest absolute Gasteiger partial charge is 0.309 e. The first-order valence-electron chi connectivity index (χ1n) is 7.26. The zero-order valence-corrected chi connectivity index (χ0v) is 11.8. The van der Waals surface area contributed by atoms with E-state index in [4.69, 9.17) is 0 Å². The zero-order valence-electron chi connectivity index (χ0n) is 11.8. The van der Waals surface area contributed by atoms with E-state index in [1.165, 1.54) is 5.56 Å². The number of carbonyl (C=O) groups is 1. The lowest BCUT2D eigenvalue weighted by Gasteiger charge is -2.33. The van der Waals surface area contributed by atoms with Crippen LogP contribution in [0.2, 0.25) is 0 Å². The van der Waals surface area contributed by atoms with Gasteiger partial charge < -0.3 is 9.80 Å². The number of nitrogens with zero attached hydrogens (tertiary/aromatic N) is 2. The molecule has 19 heavy (non-hydrogen) atoms. The van der Waals surface area contributed by atoms with E-state index in [2.05, 4.69) is 37.1 Å². The molecule has 1 aromatic carbocycles. The Labute approximate surface area is 115 Å². The van der Waals surface area contributed by atoms with Gasteiger partial charge in [0.15, 0.2) is 0 Å². The molecule has 0 N–H and O–H groups in total. The molecule has 2 atom stereocenters. The number of anilines is 1. The van der Waals surface area contributed by atoms with Gasteiger partial charge in [0, 0.05) is 18.3 Å². The SMILES string of the molecule is CC1Cc2ccccc2N1C(=O)C1CCCN(C)C1. The number of fused-ring (bicyclic) bond motifs is 1. The van der Waals surface area contributed by atoms with Gasteiger partial charge in [0.1, 0.15) is 0 Å². The van der Waals surface area contributed by atoms with E-state index in [-0.39, 0.29) is 5.92 Å². The van der Waals surface area contributed by atoms with E-state index < -0.39 is 0 Å². The Hall–Kier alpha value is -1.35. The zero-order chi connectivity index (χ0) is 13.4. The molecule has 2 unspecified atom stereocenters. The van der Waals surface area contributed by atoms with E-state index in [1.54, 1.807) is 0 Å². The number of para-hydroxylation sites is 1. The van der Waals surface area contributed by atoms with E-state index in [0.29, 0.717) is 11.9 Å². The van der Waals surface area contributed by atoms with Crippen molar-refractivity contribution in [3.8, 4) is 0 Å². The fourth-order valence-corrected chi connectivity index (χ4v) is 3.47. The van der Waals surface area contributed by atoms with Gasteiger partial charge in [0.25, 0.3) is 0 Å². The van der Waals surface area contributed by atoms with Crippen molar-refractivity contribution in [1.29, 1.82) is 0 Å². The van der Waals surface area contributed by atoms with E-state index >= 15 is 0 Å². The number of rotatable bonds is 1. The maximum Gasteiger partial charge on any atom is 0.231 e. The summed E-state index contributed by atoms with van der Waals surface area (Å²) in [6, 6.07) is 8.63. The van der Waals surface area contributed by atoms with Crippen LogP contribution in [0.25, 0.3) is 0 Å². The normalized spacial score (nSPS) is 27.4. The first-order valence-corrected chi connectivity index (χ1v) is 7.26. The van der Waals surface area contributed by atoms with Crippen molar-refractivity contribution < 1.29 is 4.79 Å². The molecule has 0 aromatic heterocycles. The Morgan fingerprint density at radius 2 is 2.11 bits per heavy atom. The molecule has 3 heteroatoms. The molecule has 2 aliphatic rings. The van der Waals surface area contributed by atoms with Crippen molar-refractivity contribution in [3.63, 3.8) is 0 Å². The summed E-state index contributed by atoms with van der Waals surface area (Å²) in [6.07, 6.45) is 3.16. The lowest BCUT2D eigenvalue weighted by Crippen LogP contribution is -2.45. The lowest BCUT2D eigenvalue weighted by atomic mass is 9.96. The standard InChI is InChI=1S/C16H22N2O/c1-12-10-13-6-3-4-8-15(13)18(12)16(19)14-7-5-9-17(2)11-14/h3-4,6,8,12,14H,5,7,9-11H2,1-2H3. The Bertz CT molecular complexity index is 485. The van der Waals surface area contributed by atoms with Crippen molar-refractivity contribution in [2.24, 2.45) is 5.92 Å². The van der Waals surface area contributed by atoms with Gasteiger partial charge in [0.2, 0.25) is 5.91 Å². The Kier molecular flexibility index (Phi) is 3.31. The molecule has 0 aliphatic carbocycles. The average molecular weight is 258 g/mol. The minimum absolute atomic E-state index is 0.173. The third kappa shape index (κ3) is 2.27. The van der Waals surface area contributed by atoms with Crippen LogP contribution in [0, 0.1) is 5.92 Å². The van der Waals surface area contributed by atoms with Crippen molar-refractivity contribution in [2.75, 3.05) is 25.0 Å². The van der Waals surface area contributed by atoms with Crippen LogP contribution < -0.4 is 4.90 Å². The fourth-order valence-electron chi connectivity index (χ4n) is 3.47. The topological polar surface area (TPSA) is 23.6 Å². The van der Waals surface area contributed by atoms with Gasteiger partial charge in [-0.3, -0.25) is 4.79 Å². The van der Waals surface area contributed by atoms with Crippen molar-refractivity contribution >= 4 is 11.6 Å². The number of carbonyl (C=O) groups excluding carboxylic acids is 1. The number of likely N-dealkylation sites (tertiary alicyclic amines) is 1. The second-order valence-corrected chi connectivity index (χ2v) is 5.99. The number of hydrogen-bond acceptors (Lipinski definition) is 2. The fraction of sp³-hybridized carbons (Fsp3) is 0.562. The summed E-state index contributed by atoms with van der Waals surface area (Å²) in [7, 11) is 2.11. The molecule has 1 saturated heterocycles. The van der Waals surface area contributed by atoms with Gasteiger partial charge in [-0.05, 0) is 51.4 Å². The Morgan fingerprint density at radius 1 is 1.32 bits per heavy atom. The molecule has 1 amide bonds. The molecule has 2 aliphatic heterocycles. The molecule has 0 bridgehead atoms. The maximum absolute atomic E-state index is 12.8. The molecular formula is C16H22N2O. The highest BCUT2D eigenvalue weighted by atomic mass is 16.2. The van der Waals surface area contributed by atoms with Gasteiger partial charge in [-0.2, -0.15) is 0 Å². The van der Waals surface area contributed by atoms with Crippen LogP contribution in [0.4, 0.5) is 5.69 Å². The Morgan fingerprint density at radius 3 is 2.89 bits per heavy atom. The van der Waals surface area contributed by atoms with E-state index in [9.17, 15) is 4.79 Å². The van der Waals surface area contributed by atoms with E-state index in [1.807, 2.05) is 11.0 Å². The minimum Gasteiger partial charge on any atom is -0.309 e. The first kappa shape index (κ1) is 12.7. The molecule has 1 aromatic rings. The molecule has 0 saturated carbocycles. The minimum atomic E-state index is 0.173.